The molecule has 1 amide bonds. The lowest BCUT2D eigenvalue weighted by atomic mass is 9.97. The van der Waals surface area contributed by atoms with Crippen LogP contribution >= 0.6 is 0 Å². The number of carbonyl (C=O) groups excluding carboxylic acids is 1. The summed E-state index contributed by atoms with van der Waals surface area (Å²) >= 11 is 0. The molecule has 0 radical (unpaired) electrons. The van der Waals surface area contributed by atoms with Gasteiger partial charge in [0.2, 0.25) is 0 Å². The predicted molar refractivity (Wildman–Crippen MR) is 98.1 cm³/mol. The Morgan fingerprint density at radius 3 is 2.32 bits per heavy atom. The van der Waals surface area contributed by atoms with Crippen LogP contribution in [0.15, 0.2) is 24.3 Å². The average molecular weight is 344 g/mol. The summed E-state index contributed by atoms with van der Waals surface area (Å²) in [5.41, 5.74) is 1.90. The van der Waals surface area contributed by atoms with Crippen LogP contribution in [0.25, 0.3) is 0 Å². The minimum Gasteiger partial charge on any atom is -0.481 e. The summed E-state index contributed by atoms with van der Waals surface area (Å²) in [6.45, 7) is 2.92. The van der Waals surface area contributed by atoms with Crippen LogP contribution in [-0.4, -0.2) is 47.6 Å². The maximum Gasteiger partial charge on any atom is 0.303 e. The minimum atomic E-state index is -0.788. The SMILES string of the molecule is O=C(O)CCC1CCCCN1C(=O)c1ccc(N2CCCCC2)cc1. The highest BCUT2D eigenvalue weighted by molar-refractivity contribution is 5.94. The van der Waals surface area contributed by atoms with Gasteiger partial charge in [-0.05, 0) is 69.2 Å². The zero-order valence-electron chi connectivity index (χ0n) is 14.8. The molecule has 25 heavy (non-hydrogen) atoms. The molecule has 0 bridgehead atoms. The molecule has 1 atom stereocenters. The lowest BCUT2D eigenvalue weighted by Crippen LogP contribution is -2.44. The molecule has 1 N–H and O–H groups in total. The molecule has 2 aliphatic rings. The summed E-state index contributed by atoms with van der Waals surface area (Å²) in [7, 11) is 0. The van der Waals surface area contributed by atoms with Gasteiger partial charge in [0.05, 0.1) is 0 Å². The first-order valence-corrected chi connectivity index (χ1v) is 9.53. The highest BCUT2D eigenvalue weighted by Gasteiger charge is 2.27. The summed E-state index contributed by atoms with van der Waals surface area (Å²) in [6.07, 6.45) is 7.43. The second kappa shape index (κ2) is 8.37. The molecule has 0 spiro atoms. The topological polar surface area (TPSA) is 60.9 Å². The first kappa shape index (κ1) is 17.8. The number of likely N-dealkylation sites (tertiary alicyclic amines) is 1. The summed E-state index contributed by atoms with van der Waals surface area (Å²) in [5.74, 6) is -0.746. The fraction of sp³-hybridized carbons (Fsp3) is 0.600. The van der Waals surface area contributed by atoms with Crippen molar-refractivity contribution in [2.45, 2.75) is 57.4 Å². The number of benzene rings is 1. The normalized spacial score (nSPS) is 21.2. The number of hydrogen-bond acceptors (Lipinski definition) is 3. The number of nitrogens with zero attached hydrogens (tertiary/aromatic N) is 2. The van der Waals surface area contributed by atoms with Crippen LogP contribution in [0.3, 0.4) is 0 Å². The highest BCUT2D eigenvalue weighted by atomic mass is 16.4. The van der Waals surface area contributed by atoms with Crippen LogP contribution < -0.4 is 4.90 Å². The largest absolute Gasteiger partial charge is 0.481 e. The van der Waals surface area contributed by atoms with Gasteiger partial charge in [0.25, 0.3) is 5.91 Å². The Morgan fingerprint density at radius 2 is 1.64 bits per heavy atom. The zero-order valence-corrected chi connectivity index (χ0v) is 14.8. The molecule has 3 rings (SSSR count). The second-order valence-corrected chi connectivity index (χ2v) is 7.18. The van der Waals surface area contributed by atoms with Gasteiger partial charge in [-0.15, -0.1) is 0 Å². The predicted octanol–water partition coefficient (Wildman–Crippen LogP) is 3.54. The molecule has 1 aromatic carbocycles. The lowest BCUT2D eigenvalue weighted by Gasteiger charge is -2.36. The molecular weight excluding hydrogens is 316 g/mol. The van der Waals surface area contributed by atoms with Crippen molar-refractivity contribution in [1.29, 1.82) is 0 Å². The van der Waals surface area contributed by atoms with Crippen LogP contribution in [0.4, 0.5) is 5.69 Å². The van der Waals surface area contributed by atoms with Gasteiger partial charge < -0.3 is 14.9 Å². The molecule has 1 aromatic rings. The number of hydrogen-bond donors (Lipinski definition) is 1. The molecule has 0 aliphatic carbocycles. The van der Waals surface area contributed by atoms with Crippen molar-refractivity contribution in [3.63, 3.8) is 0 Å². The van der Waals surface area contributed by atoms with E-state index in [2.05, 4.69) is 17.0 Å². The van der Waals surface area contributed by atoms with Crippen molar-refractivity contribution in [2.75, 3.05) is 24.5 Å². The molecule has 2 saturated heterocycles. The van der Waals surface area contributed by atoms with E-state index in [1.807, 2.05) is 17.0 Å². The molecule has 2 fully saturated rings. The Hall–Kier alpha value is -2.04. The van der Waals surface area contributed by atoms with E-state index in [0.29, 0.717) is 12.0 Å². The number of piperidine rings is 2. The third-order valence-electron chi connectivity index (χ3n) is 5.41. The number of carboxylic acid groups (broad SMARTS) is 1. The van der Waals surface area contributed by atoms with Gasteiger partial charge in [-0.1, -0.05) is 0 Å². The molecule has 5 heteroatoms. The molecular formula is C20H28N2O3. The molecule has 136 valence electrons. The Morgan fingerprint density at radius 1 is 0.960 bits per heavy atom. The van der Waals surface area contributed by atoms with E-state index in [1.54, 1.807) is 0 Å². The van der Waals surface area contributed by atoms with Gasteiger partial charge in [-0.2, -0.15) is 0 Å². The molecule has 1 unspecified atom stereocenters. The fourth-order valence-electron chi connectivity index (χ4n) is 3.99. The maximum atomic E-state index is 12.9. The Bertz CT molecular complexity index is 593. The molecule has 2 heterocycles. The van der Waals surface area contributed by atoms with Gasteiger partial charge >= 0.3 is 5.97 Å². The van der Waals surface area contributed by atoms with Crippen molar-refractivity contribution >= 4 is 17.6 Å². The number of rotatable bonds is 5. The minimum absolute atomic E-state index is 0.0419. The number of aliphatic carboxylic acids is 1. The molecule has 0 saturated carbocycles. The van der Waals surface area contributed by atoms with Crippen molar-refractivity contribution in [3.8, 4) is 0 Å². The second-order valence-electron chi connectivity index (χ2n) is 7.18. The zero-order chi connectivity index (χ0) is 17.6. The quantitative estimate of drug-likeness (QED) is 0.887. The van der Waals surface area contributed by atoms with E-state index < -0.39 is 5.97 Å². The third kappa shape index (κ3) is 4.53. The van der Waals surface area contributed by atoms with Crippen molar-refractivity contribution in [1.82, 2.24) is 4.90 Å². The third-order valence-corrected chi connectivity index (χ3v) is 5.41. The fourth-order valence-corrected chi connectivity index (χ4v) is 3.99. The lowest BCUT2D eigenvalue weighted by molar-refractivity contribution is -0.137. The van der Waals surface area contributed by atoms with E-state index in [0.717, 1.165) is 38.9 Å². The monoisotopic (exact) mass is 344 g/mol. The van der Waals surface area contributed by atoms with Crippen LogP contribution in [-0.2, 0) is 4.79 Å². The first-order valence-electron chi connectivity index (χ1n) is 9.53. The van der Waals surface area contributed by atoms with Crippen LogP contribution in [0.1, 0.15) is 61.7 Å². The van der Waals surface area contributed by atoms with E-state index in [4.69, 9.17) is 5.11 Å². The van der Waals surface area contributed by atoms with Crippen molar-refractivity contribution < 1.29 is 14.7 Å². The van der Waals surface area contributed by atoms with Gasteiger partial charge in [0.1, 0.15) is 0 Å². The maximum absolute atomic E-state index is 12.9. The van der Waals surface area contributed by atoms with Gasteiger partial charge in [0, 0.05) is 43.3 Å². The molecule has 0 aromatic heterocycles. The van der Waals surface area contributed by atoms with Crippen molar-refractivity contribution in [3.05, 3.63) is 29.8 Å². The Labute approximate surface area is 149 Å². The van der Waals surface area contributed by atoms with Gasteiger partial charge in [-0.3, -0.25) is 9.59 Å². The van der Waals surface area contributed by atoms with E-state index in [-0.39, 0.29) is 18.4 Å². The van der Waals surface area contributed by atoms with Crippen molar-refractivity contribution in [2.24, 2.45) is 0 Å². The standard InChI is InChI=1S/C20H28N2O3/c23-19(24)12-11-18-6-2-5-15-22(18)20(25)16-7-9-17(10-8-16)21-13-3-1-4-14-21/h7-10,18H,1-6,11-15H2,(H,23,24). The van der Waals surface area contributed by atoms with Crippen LogP contribution in [0.5, 0.6) is 0 Å². The van der Waals surface area contributed by atoms with Crippen LogP contribution in [0.2, 0.25) is 0 Å². The highest BCUT2D eigenvalue weighted by Crippen LogP contribution is 2.25. The molecule has 5 nitrogen and oxygen atoms in total. The summed E-state index contributed by atoms with van der Waals surface area (Å²) in [6, 6.07) is 8.01. The van der Waals surface area contributed by atoms with Crippen LogP contribution in [0, 0.1) is 0 Å². The van der Waals surface area contributed by atoms with E-state index in [9.17, 15) is 9.59 Å². The Balaban J connectivity index is 1.66. The van der Waals surface area contributed by atoms with E-state index >= 15 is 0 Å². The summed E-state index contributed by atoms with van der Waals surface area (Å²) < 4.78 is 0. The summed E-state index contributed by atoms with van der Waals surface area (Å²) in [5, 5.41) is 8.93. The average Bonchev–Trinajstić information content (AvgIpc) is 2.67. The Kier molecular flexibility index (Phi) is 5.95. The first-order chi connectivity index (χ1) is 12.1. The number of amides is 1. The van der Waals surface area contributed by atoms with E-state index in [1.165, 1.54) is 24.9 Å². The number of anilines is 1. The smallest absolute Gasteiger partial charge is 0.303 e. The number of carbonyl (C=O) groups is 2. The number of carboxylic acids is 1. The summed E-state index contributed by atoms with van der Waals surface area (Å²) in [4.78, 5) is 28.0. The van der Waals surface area contributed by atoms with Gasteiger partial charge in [-0.25, -0.2) is 0 Å². The molecule has 2 aliphatic heterocycles. The van der Waals surface area contributed by atoms with Gasteiger partial charge in [0.15, 0.2) is 0 Å².